The quantitative estimate of drug-likeness (QED) is 0.807. The number of carboxylic acids is 1. The Morgan fingerprint density at radius 3 is 2.85 bits per heavy atom. The fraction of sp³-hybridized carbons (Fsp3) is 0.500. The van der Waals surface area contributed by atoms with E-state index in [0.29, 0.717) is 5.92 Å². The minimum atomic E-state index is -0.707. The number of hydrogen-bond acceptors (Lipinski definition) is 2. The Labute approximate surface area is 82.2 Å². The van der Waals surface area contributed by atoms with Gasteiger partial charge in [-0.1, -0.05) is 6.92 Å². The van der Waals surface area contributed by atoms with Crippen molar-refractivity contribution >= 4 is 17.3 Å². The maximum Gasteiger partial charge on any atom is 0.303 e. The van der Waals surface area contributed by atoms with Gasteiger partial charge < -0.3 is 5.11 Å². The van der Waals surface area contributed by atoms with E-state index in [1.54, 1.807) is 11.3 Å². The van der Waals surface area contributed by atoms with Crippen molar-refractivity contribution in [2.45, 2.75) is 32.6 Å². The van der Waals surface area contributed by atoms with Crippen molar-refractivity contribution in [2.75, 3.05) is 0 Å². The van der Waals surface area contributed by atoms with Crippen LogP contribution in [0.3, 0.4) is 0 Å². The topological polar surface area (TPSA) is 37.3 Å². The van der Waals surface area contributed by atoms with Crippen LogP contribution >= 0.6 is 11.3 Å². The number of aliphatic carboxylic acids is 1. The van der Waals surface area contributed by atoms with E-state index in [9.17, 15) is 4.79 Å². The van der Waals surface area contributed by atoms with E-state index >= 15 is 0 Å². The fourth-order valence-corrected chi connectivity index (χ4v) is 2.38. The molecule has 1 heterocycles. The van der Waals surface area contributed by atoms with Gasteiger partial charge in [-0.25, -0.2) is 0 Å². The average molecular weight is 198 g/mol. The lowest BCUT2D eigenvalue weighted by Crippen LogP contribution is -1.99. The first-order valence-electron chi connectivity index (χ1n) is 4.37. The van der Waals surface area contributed by atoms with Crippen molar-refractivity contribution in [3.8, 4) is 0 Å². The highest BCUT2D eigenvalue weighted by molar-refractivity contribution is 7.10. The number of aryl methyl sites for hydroxylation is 1. The summed E-state index contributed by atoms with van der Waals surface area (Å²) >= 11 is 1.72. The van der Waals surface area contributed by atoms with Gasteiger partial charge in [0.2, 0.25) is 0 Å². The highest BCUT2D eigenvalue weighted by atomic mass is 32.1. The predicted molar refractivity (Wildman–Crippen MR) is 54.3 cm³/mol. The zero-order valence-electron chi connectivity index (χ0n) is 7.91. The maximum absolute atomic E-state index is 10.4. The number of thiophene rings is 1. The summed E-state index contributed by atoms with van der Waals surface area (Å²) in [5.41, 5.74) is 1.28. The van der Waals surface area contributed by atoms with E-state index in [0.717, 1.165) is 6.42 Å². The lowest BCUT2D eigenvalue weighted by Gasteiger charge is -2.08. The van der Waals surface area contributed by atoms with Crippen LogP contribution in [-0.4, -0.2) is 11.1 Å². The molecule has 1 aromatic heterocycles. The van der Waals surface area contributed by atoms with Crippen LogP contribution in [0.15, 0.2) is 11.4 Å². The van der Waals surface area contributed by atoms with Crippen LogP contribution in [0, 0.1) is 6.92 Å². The van der Waals surface area contributed by atoms with Crippen LogP contribution in [0.4, 0.5) is 0 Å². The molecule has 2 nitrogen and oxygen atoms in total. The molecule has 3 heteroatoms. The summed E-state index contributed by atoms with van der Waals surface area (Å²) in [4.78, 5) is 11.7. The molecule has 0 aliphatic rings. The van der Waals surface area contributed by atoms with Crippen molar-refractivity contribution in [3.63, 3.8) is 0 Å². The van der Waals surface area contributed by atoms with E-state index in [1.165, 1.54) is 10.4 Å². The summed E-state index contributed by atoms with van der Waals surface area (Å²) < 4.78 is 0. The third-order valence-electron chi connectivity index (χ3n) is 2.14. The Balaban J connectivity index is 2.53. The van der Waals surface area contributed by atoms with E-state index in [1.807, 2.05) is 0 Å². The molecular weight excluding hydrogens is 184 g/mol. The Morgan fingerprint density at radius 2 is 2.38 bits per heavy atom. The molecule has 0 spiro atoms. The standard InChI is InChI=1S/C10H14O2S/c1-7(3-4-9(11)12)10-8(2)5-6-13-10/h5-7H,3-4H2,1-2H3,(H,11,12). The van der Waals surface area contributed by atoms with Crippen LogP contribution < -0.4 is 0 Å². The molecule has 0 aromatic carbocycles. The number of carboxylic acid groups (broad SMARTS) is 1. The molecule has 1 aromatic rings. The molecule has 0 bridgehead atoms. The van der Waals surface area contributed by atoms with E-state index in [4.69, 9.17) is 5.11 Å². The van der Waals surface area contributed by atoms with Gasteiger partial charge in [0.05, 0.1) is 0 Å². The molecule has 72 valence electrons. The zero-order chi connectivity index (χ0) is 9.84. The number of carbonyl (C=O) groups is 1. The molecule has 0 radical (unpaired) electrons. The van der Waals surface area contributed by atoms with Crippen molar-refractivity contribution < 1.29 is 9.90 Å². The van der Waals surface area contributed by atoms with Gasteiger partial charge in [0.1, 0.15) is 0 Å². The smallest absolute Gasteiger partial charge is 0.303 e. The molecule has 1 unspecified atom stereocenters. The maximum atomic E-state index is 10.4. The van der Waals surface area contributed by atoms with Gasteiger partial charge in [0, 0.05) is 11.3 Å². The molecule has 13 heavy (non-hydrogen) atoms. The van der Waals surface area contributed by atoms with Crippen LogP contribution in [0.1, 0.15) is 36.1 Å². The molecular formula is C10H14O2S. The Bertz CT molecular complexity index is 291. The van der Waals surface area contributed by atoms with Gasteiger partial charge in [0.25, 0.3) is 0 Å². The van der Waals surface area contributed by atoms with E-state index in [-0.39, 0.29) is 6.42 Å². The normalized spacial score (nSPS) is 12.8. The number of rotatable bonds is 4. The lowest BCUT2D eigenvalue weighted by molar-refractivity contribution is -0.137. The van der Waals surface area contributed by atoms with Crippen molar-refractivity contribution in [2.24, 2.45) is 0 Å². The van der Waals surface area contributed by atoms with Gasteiger partial charge in [-0.2, -0.15) is 0 Å². The molecule has 0 amide bonds. The summed E-state index contributed by atoms with van der Waals surface area (Å²) in [7, 11) is 0. The van der Waals surface area contributed by atoms with E-state index < -0.39 is 5.97 Å². The van der Waals surface area contributed by atoms with Crippen molar-refractivity contribution in [1.29, 1.82) is 0 Å². The van der Waals surface area contributed by atoms with Crippen LogP contribution in [0.25, 0.3) is 0 Å². The van der Waals surface area contributed by atoms with Gasteiger partial charge >= 0.3 is 5.97 Å². The molecule has 0 fully saturated rings. The summed E-state index contributed by atoms with van der Waals surface area (Å²) in [6.45, 7) is 4.16. The second kappa shape index (κ2) is 4.42. The number of hydrogen-bond donors (Lipinski definition) is 1. The molecule has 1 N–H and O–H groups in total. The monoisotopic (exact) mass is 198 g/mol. The minimum Gasteiger partial charge on any atom is -0.481 e. The molecule has 0 saturated heterocycles. The average Bonchev–Trinajstić information content (AvgIpc) is 2.47. The van der Waals surface area contributed by atoms with Gasteiger partial charge in [-0.3, -0.25) is 4.79 Å². The molecule has 0 aliphatic heterocycles. The Hall–Kier alpha value is -0.830. The largest absolute Gasteiger partial charge is 0.481 e. The van der Waals surface area contributed by atoms with Gasteiger partial charge in [-0.15, -0.1) is 11.3 Å². The van der Waals surface area contributed by atoms with Crippen LogP contribution in [0.2, 0.25) is 0 Å². The second-order valence-corrected chi connectivity index (χ2v) is 4.25. The highest BCUT2D eigenvalue weighted by Gasteiger charge is 2.11. The predicted octanol–water partition coefficient (Wildman–Crippen LogP) is 3.02. The first-order valence-corrected chi connectivity index (χ1v) is 5.25. The summed E-state index contributed by atoms with van der Waals surface area (Å²) in [5.74, 6) is -0.336. The zero-order valence-corrected chi connectivity index (χ0v) is 8.73. The van der Waals surface area contributed by atoms with Crippen LogP contribution in [-0.2, 0) is 4.79 Å². The lowest BCUT2D eigenvalue weighted by atomic mass is 10.0. The Morgan fingerprint density at radius 1 is 1.69 bits per heavy atom. The van der Waals surface area contributed by atoms with Crippen molar-refractivity contribution in [3.05, 3.63) is 21.9 Å². The fourth-order valence-electron chi connectivity index (χ4n) is 1.36. The minimum absolute atomic E-state index is 0.262. The highest BCUT2D eigenvalue weighted by Crippen LogP contribution is 2.28. The van der Waals surface area contributed by atoms with Gasteiger partial charge in [-0.05, 0) is 36.3 Å². The second-order valence-electron chi connectivity index (χ2n) is 3.30. The summed E-state index contributed by atoms with van der Waals surface area (Å²) in [5, 5.41) is 10.6. The SMILES string of the molecule is Cc1ccsc1C(C)CCC(=O)O. The molecule has 1 rings (SSSR count). The molecule has 0 aliphatic carbocycles. The van der Waals surface area contributed by atoms with Gasteiger partial charge in [0.15, 0.2) is 0 Å². The third kappa shape index (κ3) is 2.84. The van der Waals surface area contributed by atoms with Crippen molar-refractivity contribution in [1.82, 2.24) is 0 Å². The first kappa shape index (κ1) is 10.3. The Kier molecular flexibility index (Phi) is 3.48. The van der Waals surface area contributed by atoms with E-state index in [2.05, 4.69) is 25.3 Å². The first-order chi connectivity index (χ1) is 6.11. The molecule has 1 atom stereocenters. The van der Waals surface area contributed by atoms with Crippen LogP contribution in [0.5, 0.6) is 0 Å². The molecule has 0 saturated carbocycles. The third-order valence-corrected chi connectivity index (χ3v) is 3.39. The summed E-state index contributed by atoms with van der Waals surface area (Å²) in [6, 6.07) is 2.08. The summed E-state index contributed by atoms with van der Waals surface area (Å²) in [6.07, 6.45) is 0.995.